The zero-order valence-corrected chi connectivity index (χ0v) is 10.5. The predicted octanol–water partition coefficient (Wildman–Crippen LogP) is 3.43. The molecule has 2 heteroatoms. The summed E-state index contributed by atoms with van der Waals surface area (Å²) in [6, 6.07) is 6.07. The van der Waals surface area contributed by atoms with E-state index in [1.54, 1.807) is 0 Å². The normalized spacial score (nSPS) is 17.5. The van der Waals surface area contributed by atoms with Crippen LogP contribution in [-0.4, -0.2) is 6.54 Å². The van der Waals surface area contributed by atoms with E-state index in [4.69, 9.17) is 5.73 Å². The molecule has 2 rings (SSSR count). The predicted molar refractivity (Wildman–Crippen MR) is 70.6 cm³/mol. The molecule has 0 radical (unpaired) electrons. The van der Waals surface area contributed by atoms with Gasteiger partial charge in [0.05, 0.1) is 0 Å². The molecule has 0 bridgehead atoms. The summed E-state index contributed by atoms with van der Waals surface area (Å²) in [5.41, 5.74) is 9.59. The van der Waals surface area contributed by atoms with Crippen molar-refractivity contribution in [3.8, 4) is 0 Å². The monoisotopic (exact) mass is 218 g/mol. The van der Waals surface area contributed by atoms with Crippen LogP contribution in [0.3, 0.4) is 0 Å². The Morgan fingerprint density at radius 3 is 2.56 bits per heavy atom. The van der Waals surface area contributed by atoms with Gasteiger partial charge in [-0.15, -0.1) is 0 Å². The van der Waals surface area contributed by atoms with Crippen molar-refractivity contribution in [1.82, 2.24) is 0 Å². The minimum absolute atomic E-state index is 0.549. The van der Waals surface area contributed by atoms with E-state index in [1.807, 2.05) is 12.1 Å². The van der Waals surface area contributed by atoms with Gasteiger partial charge in [0.15, 0.2) is 0 Å². The standard InChI is InChI=1S/C14H22N2/c1-10(2)14(6-7-14)9-16-13-5-4-12(15)8-11(13)3/h4-5,8,10,16H,6-7,9,15H2,1-3H3. The highest BCUT2D eigenvalue weighted by Crippen LogP contribution is 2.51. The van der Waals surface area contributed by atoms with Crippen LogP contribution in [0.1, 0.15) is 32.3 Å². The molecule has 1 fully saturated rings. The summed E-state index contributed by atoms with van der Waals surface area (Å²) in [5, 5.41) is 3.57. The maximum Gasteiger partial charge on any atom is 0.0371 e. The van der Waals surface area contributed by atoms with Crippen molar-refractivity contribution in [3.63, 3.8) is 0 Å². The van der Waals surface area contributed by atoms with Gasteiger partial charge in [-0.3, -0.25) is 0 Å². The fourth-order valence-corrected chi connectivity index (χ4v) is 2.28. The lowest BCUT2D eigenvalue weighted by molar-refractivity contribution is 0.380. The Hall–Kier alpha value is -1.18. The number of benzene rings is 1. The first kappa shape index (κ1) is 11.3. The average molecular weight is 218 g/mol. The molecule has 0 amide bonds. The van der Waals surface area contributed by atoms with Gasteiger partial charge in [-0.25, -0.2) is 0 Å². The topological polar surface area (TPSA) is 38.0 Å². The third kappa shape index (κ3) is 2.16. The van der Waals surface area contributed by atoms with Crippen LogP contribution in [0.2, 0.25) is 0 Å². The molecule has 0 saturated heterocycles. The Morgan fingerprint density at radius 1 is 1.38 bits per heavy atom. The van der Waals surface area contributed by atoms with E-state index in [-0.39, 0.29) is 0 Å². The lowest BCUT2D eigenvalue weighted by atomic mass is 9.92. The molecular formula is C14H22N2. The van der Waals surface area contributed by atoms with Gasteiger partial charge in [-0.05, 0) is 54.9 Å². The molecule has 1 aliphatic carbocycles. The molecule has 0 spiro atoms. The summed E-state index contributed by atoms with van der Waals surface area (Å²) >= 11 is 0. The SMILES string of the molecule is Cc1cc(N)ccc1NCC1(C(C)C)CC1. The molecule has 2 nitrogen and oxygen atoms in total. The van der Waals surface area contributed by atoms with E-state index in [2.05, 4.69) is 32.2 Å². The van der Waals surface area contributed by atoms with Crippen LogP contribution in [0.15, 0.2) is 18.2 Å². The van der Waals surface area contributed by atoms with Gasteiger partial charge >= 0.3 is 0 Å². The smallest absolute Gasteiger partial charge is 0.0371 e. The van der Waals surface area contributed by atoms with E-state index in [1.165, 1.54) is 24.1 Å². The van der Waals surface area contributed by atoms with Gasteiger partial charge in [-0.2, -0.15) is 0 Å². The van der Waals surface area contributed by atoms with Gasteiger partial charge in [0, 0.05) is 17.9 Å². The average Bonchev–Trinajstić information content (AvgIpc) is 2.97. The molecule has 1 saturated carbocycles. The molecule has 3 N–H and O–H groups in total. The Kier molecular flexibility index (Phi) is 2.83. The molecule has 1 aromatic carbocycles. The van der Waals surface area contributed by atoms with Crippen molar-refractivity contribution in [2.75, 3.05) is 17.6 Å². The fourth-order valence-electron chi connectivity index (χ4n) is 2.28. The fraction of sp³-hybridized carbons (Fsp3) is 0.571. The quantitative estimate of drug-likeness (QED) is 0.760. The molecular weight excluding hydrogens is 196 g/mol. The number of hydrogen-bond acceptors (Lipinski definition) is 2. The highest BCUT2D eigenvalue weighted by molar-refractivity contribution is 5.57. The second-order valence-corrected chi connectivity index (χ2v) is 5.44. The zero-order chi connectivity index (χ0) is 11.8. The molecule has 0 aliphatic heterocycles. The third-order valence-electron chi connectivity index (χ3n) is 4.00. The number of aryl methyl sites for hydroxylation is 1. The van der Waals surface area contributed by atoms with Gasteiger partial charge in [-0.1, -0.05) is 13.8 Å². The summed E-state index contributed by atoms with van der Waals surface area (Å²) < 4.78 is 0. The number of anilines is 2. The lowest BCUT2D eigenvalue weighted by Gasteiger charge is -2.21. The summed E-state index contributed by atoms with van der Waals surface area (Å²) in [6.07, 6.45) is 2.73. The minimum Gasteiger partial charge on any atom is -0.399 e. The highest BCUT2D eigenvalue weighted by atomic mass is 14.9. The Bertz CT molecular complexity index is 378. The van der Waals surface area contributed by atoms with Crippen molar-refractivity contribution in [2.45, 2.75) is 33.6 Å². The molecule has 0 unspecified atom stereocenters. The number of nitrogens with two attached hydrogens (primary N) is 1. The van der Waals surface area contributed by atoms with Crippen molar-refractivity contribution >= 4 is 11.4 Å². The Balaban J connectivity index is 2.00. The van der Waals surface area contributed by atoms with Crippen LogP contribution >= 0.6 is 0 Å². The van der Waals surface area contributed by atoms with E-state index in [0.717, 1.165) is 18.2 Å². The lowest BCUT2D eigenvalue weighted by Crippen LogP contribution is -2.21. The molecule has 88 valence electrons. The van der Waals surface area contributed by atoms with Crippen molar-refractivity contribution in [2.24, 2.45) is 11.3 Å². The van der Waals surface area contributed by atoms with Crippen LogP contribution < -0.4 is 11.1 Å². The maximum absolute atomic E-state index is 5.74. The summed E-state index contributed by atoms with van der Waals surface area (Å²) in [6.45, 7) is 7.85. The van der Waals surface area contributed by atoms with E-state index < -0.39 is 0 Å². The van der Waals surface area contributed by atoms with E-state index >= 15 is 0 Å². The maximum atomic E-state index is 5.74. The molecule has 16 heavy (non-hydrogen) atoms. The van der Waals surface area contributed by atoms with Gasteiger partial charge < -0.3 is 11.1 Å². The third-order valence-corrected chi connectivity index (χ3v) is 4.00. The van der Waals surface area contributed by atoms with Crippen LogP contribution in [0.4, 0.5) is 11.4 Å². The second kappa shape index (κ2) is 4.00. The minimum atomic E-state index is 0.549. The Morgan fingerprint density at radius 2 is 2.06 bits per heavy atom. The first-order valence-corrected chi connectivity index (χ1v) is 6.13. The van der Waals surface area contributed by atoms with Crippen molar-refractivity contribution < 1.29 is 0 Å². The molecule has 0 atom stereocenters. The summed E-state index contributed by atoms with van der Waals surface area (Å²) in [5.74, 6) is 0.772. The second-order valence-electron chi connectivity index (χ2n) is 5.44. The number of nitrogens with one attached hydrogen (secondary N) is 1. The van der Waals surface area contributed by atoms with Gasteiger partial charge in [0.2, 0.25) is 0 Å². The molecule has 1 aromatic rings. The highest BCUT2D eigenvalue weighted by Gasteiger charge is 2.44. The van der Waals surface area contributed by atoms with Crippen LogP contribution in [-0.2, 0) is 0 Å². The molecule has 1 aliphatic rings. The number of hydrogen-bond donors (Lipinski definition) is 2. The first-order chi connectivity index (χ1) is 7.53. The Labute approximate surface area is 98.2 Å². The van der Waals surface area contributed by atoms with E-state index in [9.17, 15) is 0 Å². The zero-order valence-electron chi connectivity index (χ0n) is 10.5. The van der Waals surface area contributed by atoms with Crippen LogP contribution in [0.5, 0.6) is 0 Å². The molecule has 0 heterocycles. The number of nitrogen functional groups attached to an aromatic ring is 1. The summed E-state index contributed by atoms with van der Waals surface area (Å²) in [4.78, 5) is 0. The van der Waals surface area contributed by atoms with Crippen molar-refractivity contribution in [1.29, 1.82) is 0 Å². The van der Waals surface area contributed by atoms with Crippen LogP contribution in [0.25, 0.3) is 0 Å². The van der Waals surface area contributed by atoms with Gasteiger partial charge in [0.1, 0.15) is 0 Å². The molecule has 0 aromatic heterocycles. The first-order valence-electron chi connectivity index (χ1n) is 6.13. The van der Waals surface area contributed by atoms with Crippen LogP contribution in [0, 0.1) is 18.3 Å². The van der Waals surface area contributed by atoms with E-state index in [0.29, 0.717) is 5.41 Å². The number of rotatable bonds is 4. The van der Waals surface area contributed by atoms with Crippen molar-refractivity contribution in [3.05, 3.63) is 23.8 Å². The largest absolute Gasteiger partial charge is 0.399 e. The van der Waals surface area contributed by atoms with Gasteiger partial charge in [0.25, 0.3) is 0 Å². The summed E-state index contributed by atoms with van der Waals surface area (Å²) in [7, 11) is 0.